The van der Waals surface area contributed by atoms with Gasteiger partial charge in [-0.3, -0.25) is 5.10 Å². The Hall–Kier alpha value is -0.720. The summed E-state index contributed by atoms with van der Waals surface area (Å²) in [7, 11) is 0. The molecule has 0 atom stereocenters. The molecule has 0 fully saturated rings. The van der Waals surface area contributed by atoms with Crippen LogP contribution in [0.1, 0.15) is 0 Å². The Morgan fingerprint density at radius 3 is 3.00 bits per heavy atom. The van der Waals surface area contributed by atoms with Gasteiger partial charge in [0.1, 0.15) is 5.03 Å². The zero-order valence-electron chi connectivity index (χ0n) is 6.43. The average molecular weight is 227 g/mol. The third-order valence-corrected chi connectivity index (χ3v) is 3.35. The highest BCUT2D eigenvalue weighted by atomic mass is 32.2. The standard InChI is InChI=1S/C7H5N3S3/c11-6-9-10-7(13-6)12-5-3-1-2-4-8-5/h1-4H,(H,9,11). The summed E-state index contributed by atoms with van der Waals surface area (Å²) in [6, 6.07) is 5.77. The van der Waals surface area contributed by atoms with Gasteiger partial charge in [0, 0.05) is 6.20 Å². The highest BCUT2D eigenvalue weighted by molar-refractivity contribution is 8.01. The maximum Gasteiger partial charge on any atom is 0.179 e. The Bertz CT molecular complexity index is 433. The number of hydrogen-bond acceptors (Lipinski definition) is 5. The summed E-state index contributed by atoms with van der Waals surface area (Å²) in [6.07, 6.45) is 1.76. The quantitative estimate of drug-likeness (QED) is 0.801. The van der Waals surface area contributed by atoms with E-state index in [4.69, 9.17) is 12.2 Å². The number of nitrogens with one attached hydrogen (secondary N) is 1. The molecular weight excluding hydrogens is 222 g/mol. The van der Waals surface area contributed by atoms with Crippen LogP contribution in [-0.4, -0.2) is 15.2 Å². The summed E-state index contributed by atoms with van der Waals surface area (Å²) in [4.78, 5) is 4.17. The fraction of sp³-hybridized carbons (Fsp3) is 0. The molecule has 0 aliphatic heterocycles. The molecule has 0 aliphatic carbocycles. The number of pyridine rings is 1. The maximum absolute atomic E-state index is 4.92. The zero-order valence-corrected chi connectivity index (χ0v) is 8.88. The minimum absolute atomic E-state index is 0.693. The van der Waals surface area contributed by atoms with E-state index >= 15 is 0 Å². The largest absolute Gasteiger partial charge is 0.257 e. The van der Waals surface area contributed by atoms with Crippen LogP contribution in [0.3, 0.4) is 0 Å². The maximum atomic E-state index is 4.92. The van der Waals surface area contributed by atoms with Gasteiger partial charge in [-0.2, -0.15) is 5.10 Å². The number of aromatic amines is 1. The van der Waals surface area contributed by atoms with Gasteiger partial charge in [0.15, 0.2) is 8.29 Å². The van der Waals surface area contributed by atoms with E-state index in [1.807, 2.05) is 18.2 Å². The smallest absolute Gasteiger partial charge is 0.179 e. The Kier molecular flexibility index (Phi) is 2.72. The van der Waals surface area contributed by atoms with E-state index in [1.54, 1.807) is 6.20 Å². The van der Waals surface area contributed by atoms with Crippen molar-refractivity contribution in [3.63, 3.8) is 0 Å². The van der Waals surface area contributed by atoms with Gasteiger partial charge >= 0.3 is 0 Å². The lowest BCUT2D eigenvalue weighted by Gasteiger charge is -1.92. The van der Waals surface area contributed by atoms with Crippen LogP contribution in [0.4, 0.5) is 0 Å². The van der Waals surface area contributed by atoms with E-state index in [0.29, 0.717) is 3.95 Å². The molecule has 0 spiro atoms. The number of nitrogens with zero attached hydrogens (tertiary/aromatic N) is 2. The van der Waals surface area contributed by atoms with Gasteiger partial charge < -0.3 is 0 Å². The topological polar surface area (TPSA) is 41.6 Å². The molecular formula is C7H5N3S3. The van der Waals surface area contributed by atoms with E-state index < -0.39 is 0 Å². The third kappa shape index (κ3) is 2.36. The van der Waals surface area contributed by atoms with Crippen LogP contribution in [0.25, 0.3) is 0 Å². The number of hydrogen-bond donors (Lipinski definition) is 1. The van der Waals surface area contributed by atoms with Crippen molar-refractivity contribution in [2.45, 2.75) is 9.37 Å². The highest BCUT2D eigenvalue weighted by Gasteiger charge is 2.00. The molecule has 2 aromatic heterocycles. The van der Waals surface area contributed by atoms with Crippen LogP contribution in [0.2, 0.25) is 0 Å². The fourth-order valence-electron chi connectivity index (χ4n) is 0.757. The van der Waals surface area contributed by atoms with E-state index in [9.17, 15) is 0 Å². The molecule has 0 saturated heterocycles. The van der Waals surface area contributed by atoms with Crippen molar-refractivity contribution in [2.75, 3.05) is 0 Å². The summed E-state index contributed by atoms with van der Waals surface area (Å²) < 4.78 is 1.59. The lowest BCUT2D eigenvalue weighted by atomic mass is 10.5. The predicted molar refractivity (Wildman–Crippen MR) is 55.7 cm³/mol. The van der Waals surface area contributed by atoms with E-state index in [0.717, 1.165) is 9.37 Å². The van der Waals surface area contributed by atoms with Gasteiger partial charge in [0.05, 0.1) is 0 Å². The summed E-state index contributed by atoms with van der Waals surface area (Å²) in [5, 5.41) is 7.68. The minimum atomic E-state index is 0.693. The fourth-order valence-corrected chi connectivity index (χ4v) is 2.74. The highest BCUT2D eigenvalue weighted by Crippen LogP contribution is 2.26. The second-order valence-corrected chi connectivity index (χ2v) is 5.08. The first-order chi connectivity index (χ1) is 6.34. The molecule has 0 aromatic carbocycles. The van der Waals surface area contributed by atoms with Crippen LogP contribution in [0.15, 0.2) is 33.8 Å². The summed E-state index contributed by atoms with van der Waals surface area (Å²) in [6.45, 7) is 0. The number of H-pyrrole nitrogens is 1. The van der Waals surface area contributed by atoms with Crippen molar-refractivity contribution in [3.8, 4) is 0 Å². The first kappa shape index (κ1) is 8.86. The molecule has 2 rings (SSSR count). The molecule has 66 valence electrons. The molecule has 2 aromatic rings. The van der Waals surface area contributed by atoms with Crippen LogP contribution in [-0.2, 0) is 0 Å². The molecule has 6 heteroatoms. The molecule has 0 amide bonds. The Morgan fingerprint density at radius 2 is 2.38 bits per heavy atom. The predicted octanol–water partition coefficient (Wildman–Crippen LogP) is 2.75. The molecule has 3 nitrogen and oxygen atoms in total. The first-order valence-corrected chi connectivity index (χ1v) is 5.53. The summed E-state index contributed by atoms with van der Waals surface area (Å²) >= 11 is 7.88. The normalized spacial score (nSPS) is 10.2. The van der Waals surface area contributed by atoms with Gasteiger partial charge in [0.2, 0.25) is 0 Å². The van der Waals surface area contributed by atoms with Gasteiger partial charge in [-0.1, -0.05) is 17.4 Å². The zero-order chi connectivity index (χ0) is 9.10. The lowest BCUT2D eigenvalue weighted by Crippen LogP contribution is -1.76. The van der Waals surface area contributed by atoms with E-state index in [2.05, 4.69) is 15.2 Å². The second kappa shape index (κ2) is 3.99. The lowest BCUT2D eigenvalue weighted by molar-refractivity contribution is 0.998. The monoisotopic (exact) mass is 227 g/mol. The molecule has 2 heterocycles. The summed E-state index contributed by atoms with van der Waals surface area (Å²) in [5.74, 6) is 0. The van der Waals surface area contributed by atoms with Gasteiger partial charge in [-0.15, -0.1) is 0 Å². The number of rotatable bonds is 2. The van der Waals surface area contributed by atoms with Gasteiger partial charge in [0.25, 0.3) is 0 Å². The molecule has 0 unspecified atom stereocenters. The van der Waals surface area contributed by atoms with Crippen molar-refractivity contribution in [2.24, 2.45) is 0 Å². The summed E-state index contributed by atoms with van der Waals surface area (Å²) in [5.41, 5.74) is 0. The van der Waals surface area contributed by atoms with E-state index in [-0.39, 0.29) is 0 Å². The Balaban J connectivity index is 2.20. The van der Waals surface area contributed by atoms with Crippen molar-refractivity contribution in [1.82, 2.24) is 15.2 Å². The molecule has 0 bridgehead atoms. The van der Waals surface area contributed by atoms with Gasteiger partial charge in [-0.25, -0.2) is 4.98 Å². The molecule has 13 heavy (non-hydrogen) atoms. The Morgan fingerprint density at radius 1 is 1.46 bits per heavy atom. The molecule has 0 aliphatic rings. The molecule has 0 radical (unpaired) electrons. The minimum Gasteiger partial charge on any atom is -0.257 e. The third-order valence-electron chi connectivity index (χ3n) is 1.25. The van der Waals surface area contributed by atoms with Crippen molar-refractivity contribution in [3.05, 3.63) is 28.4 Å². The van der Waals surface area contributed by atoms with Crippen molar-refractivity contribution < 1.29 is 0 Å². The first-order valence-electron chi connectivity index (χ1n) is 3.49. The number of aromatic nitrogens is 3. The Labute approximate surface area is 88.2 Å². The van der Waals surface area contributed by atoms with Crippen LogP contribution in [0, 0.1) is 3.95 Å². The molecule has 0 saturated carbocycles. The van der Waals surface area contributed by atoms with Crippen LogP contribution >= 0.6 is 35.3 Å². The van der Waals surface area contributed by atoms with E-state index in [1.165, 1.54) is 23.1 Å². The van der Waals surface area contributed by atoms with Crippen molar-refractivity contribution >= 4 is 35.3 Å². The molecule has 1 N–H and O–H groups in total. The SMILES string of the molecule is S=c1[nH]nc(Sc2ccccn2)s1. The van der Waals surface area contributed by atoms with Crippen molar-refractivity contribution in [1.29, 1.82) is 0 Å². The average Bonchev–Trinajstić information content (AvgIpc) is 2.53. The van der Waals surface area contributed by atoms with Gasteiger partial charge in [-0.05, 0) is 36.1 Å². The van der Waals surface area contributed by atoms with Crippen LogP contribution in [0.5, 0.6) is 0 Å². The second-order valence-electron chi connectivity index (χ2n) is 2.15. The van der Waals surface area contributed by atoms with Crippen LogP contribution < -0.4 is 0 Å².